The van der Waals surface area contributed by atoms with E-state index in [2.05, 4.69) is 20.3 Å². The number of ether oxygens (including phenoxy) is 1. The molecule has 3 aliphatic rings. The zero-order valence-electron chi connectivity index (χ0n) is 18.8. The van der Waals surface area contributed by atoms with Crippen molar-refractivity contribution in [3.05, 3.63) is 29.4 Å². The van der Waals surface area contributed by atoms with Gasteiger partial charge < -0.3 is 15.0 Å². The van der Waals surface area contributed by atoms with E-state index in [-0.39, 0.29) is 35.8 Å². The third-order valence-electron chi connectivity index (χ3n) is 6.84. The maximum Gasteiger partial charge on any atom is 0.280 e. The number of likely N-dealkylation sites (tertiary alicyclic amines) is 1. The summed E-state index contributed by atoms with van der Waals surface area (Å²) in [5, 5.41) is 2.77. The van der Waals surface area contributed by atoms with Crippen molar-refractivity contribution in [3.8, 4) is 10.4 Å². The van der Waals surface area contributed by atoms with Crippen LogP contribution < -0.4 is 5.32 Å². The van der Waals surface area contributed by atoms with Gasteiger partial charge >= 0.3 is 0 Å². The first kappa shape index (κ1) is 23.3. The number of thiazole rings is 1. The molecular weight excluding hydrogens is 478 g/mol. The summed E-state index contributed by atoms with van der Waals surface area (Å²) < 4.78 is 5.53. The summed E-state index contributed by atoms with van der Waals surface area (Å²) in [6.45, 7) is 2.00. The molecule has 2 aromatic rings. The summed E-state index contributed by atoms with van der Waals surface area (Å²) in [4.78, 5) is 54.3. The number of halogens is 1. The number of nitrogens with one attached hydrogen (secondary N) is 1. The highest BCUT2D eigenvalue weighted by molar-refractivity contribution is 7.16. The fourth-order valence-corrected chi connectivity index (χ4v) is 6.24. The zero-order valence-corrected chi connectivity index (χ0v) is 20.3. The molecule has 2 aliphatic heterocycles. The van der Waals surface area contributed by atoms with Crippen molar-refractivity contribution < 1.29 is 19.1 Å². The normalized spacial score (nSPS) is 25.9. The van der Waals surface area contributed by atoms with Crippen molar-refractivity contribution >= 4 is 40.5 Å². The van der Waals surface area contributed by atoms with Crippen molar-refractivity contribution in [3.63, 3.8) is 0 Å². The molecule has 2 aromatic heterocycles. The number of nitrogens with zero attached hydrogens (tertiary/aromatic N) is 4. The number of Topliss-reactive ketones (excluding diaryl/α,β-unsaturated/α-hetero) is 1. The van der Waals surface area contributed by atoms with Gasteiger partial charge in [-0.1, -0.05) is 19.3 Å². The number of carbonyl (C=O) groups is 3. The molecule has 11 heteroatoms. The van der Waals surface area contributed by atoms with E-state index < -0.39 is 29.5 Å². The number of rotatable bonds is 5. The third kappa shape index (κ3) is 4.46. The maximum absolute atomic E-state index is 13.7. The Hall–Kier alpha value is -2.43. The van der Waals surface area contributed by atoms with Gasteiger partial charge in [0.25, 0.3) is 5.91 Å². The maximum atomic E-state index is 13.7. The quantitative estimate of drug-likeness (QED) is 0.623. The molecule has 9 nitrogen and oxygen atoms in total. The molecule has 1 aliphatic carbocycles. The van der Waals surface area contributed by atoms with Crippen molar-refractivity contribution in [2.45, 2.75) is 62.6 Å². The third-order valence-corrected chi connectivity index (χ3v) is 8.28. The van der Waals surface area contributed by atoms with Crippen LogP contribution >= 0.6 is 22.9 Å². The first-order valence-corrected chi connectivity index (χ1v) is 12.8. The van der Waals surface area contributed by atoms with E-state index in [1.807, 2.05) is 0 Å². The van der Waals surface area contributed by atoms with E-state index >= 15 is 0 Å². The minimum atomic E-state index is -0.737. The van der Waals surface area contributed by atoms with Crippen LogP contribution in [0.4, 0.5) is 0 Å². The summed E-state index contributed by atoms with van der Waals surface area (Å²) >= 11 is 7.63. The molecule has 1 saturated carbocycles. The number of carbonyl (C=O) groups excluding carboxylic acids is 3. The minimum Gasteiger partial charge on any atom is -0.366 e. The van der Waals surface area contributed by atoms with E-state index in [0.717, 1.165) is 42.5 Å². The Morgan fingerprint density at radius 1 is 1.18 bits per heavy atom. The number of hydrogen-bond acceptors (Lipinski definition) is 8. The Morgan fingerprint density at radius 2 is 1.91 bits per heavy atom. The van der Waals surface area contributed by atoms with Gasteiger partial charge in [-0.2, -0.15) is 0 Å². The van der Waals surface area contributed by atoms with Crippen molar-refractivity contribution in [2.24, 2.45) is 5.92 Å². The van der Waals surface area contributed by atoms with Gasteiger partial charge in [-0.15, -0.1) is 22.9 Å². The number of alkyl halides is 1. The fourth-order valence-electron chi connectivity index (χ4n) is 5.09. The van der Waals surface area contributed by atoms with Gasteiger partial charge in [0.15, 0.2) is 10.8 Å². The van der Waals surface area contributed by atoms with Crippen molar-refractivity contribution in [2.75, 3.05) is 13.2 Å². The molecule has 1 N–H and O–H groups in total. The highest BCUT2D eigenvalue weighted by atomic mass is 35.5. The molecule has 3 fully saturated rings. The van der Waals surface area contributed by atoms with E-state index in [0.29, 0.717) is 5.82 Å². The predicted octanol–water partition coefficient (Wildman–Crippen LogP) is 2.37. The lowest BCUT2D eigenvalue weighted by molar-refractivity contribution is -0.139. The first-order valence-electron chi connectivity index (χ1n) is 11.6. The molecule has 2 amide bonds. The van der Waals surface area contributed by atoms with Gasteiger partial charge in [-0.05, 0) is 25.7 Å². The van der Waals surface area contributed by atoms with E-state index in [4.69, 9.17) is 16.3 Å². The highest BCUT2D eigenvalue weighted by Crippen LogP contribution is 2.34. The molecular formula is C23H26ClN5O4S. The Kier molecular flexibility index (Phi) is 6.63. The average Bonchev–Trinajstić information content (AvgIpc) is 3.56. The number of aryl methyl sites for hydroxylation is 1. The topological polar surface area (TPSA) is 114 Å². The Morgan fingerprint density at radius 3 is 2.65 bits per heavy atom. The smallest absolute Gasteiger partial charge is 0.280 e. The molecule has 5 rings (SSSR count). The van der Waals surface area contributed by atoms with Gasteiger partial charge in [0.2, 0.25) is 5.91 Å². The van der Waals surface area contributed by atoms with Crippen LogP contribution in [0.1, 0.15) is 47.7 Å². The molecule has 4 heterocycles. The van der Waals surface area contributed by atoms with Gasteiger partial charge in [-0.3, -0.25) is 14.4 Å². The first-order chi connectivity index (χ1) is 16.4. The van der Waals surface area contributed by atoms with Gasteiger partial charge in [-0.25, -0.2) is 15.0 Å². The molecule has 180 valence electrons. The summed E-state index contributed by atoms with van der Waals surface area (Å²) in [5.41, 5.74) is 0.776. The molecule has 34 heavy (non-hydrogen) atoms. The van der Waals surface area contributed by atoms with Gasteiger partial charge in [0.1, 0.15) is 30.6 Å². The average molecular weight is 504 g/mol. The highest BCUT2D eigenvalue weighted by Gasteiger charge is 2.53. The van der Waals surface area contributed by atoms with E-state index in [1.54, 1.807) is 25.5 Å². The van der Waals surface area contributed by atoms with E-state index in [9.17, 15) is 14.4 Å². The molecule has 0 bridgehead atoms. The van der Waals surface area contributed by atoms with Crippen LogP contribution in [-0.4, -0.2) is 74.2 Å². The molecule has 0 aromatic carbocycles. The van der Waals surface area contributed by atoms with Crippen LogP contribution in [0, 0.1) is 12.8 Å². The Bertz CT molecular complexity index is 1090. The van der Waals surface area contributed by atoms with Crippen molar-refractivity contribution in [1.82, 2.24) is 25.2 Å². The largest absolute Gasteiger partial charge is 0.366 e. The second-order valence-corrected chi connectivity index (χ2v) is 10.7. The number of aromatic nitrogens is 3. The second-order valence-electron chi connectivity index (χ2n) is 9.09. The number of hydrogen-bond donors (Lipinski definition) is 1. The van der Waals surface area contributed by atoms with Crippen LogP contribution in [0.25, 0.3) is 10.4 Å². The summed E-state index contributed by atoms with van der Waals surface area (Å²) in [7, 11) is 0. The number of fused-ring (bicyclic) bond motifs is 1. The van der Waals surface area contributed by atoms with Crippen molar-refractivity contribution in [1.29, 1.82) is 0 Å². The summed E-state index contributed by atoms with van der Waals surface area (Å²) in [6.07, 6.45) is 9.33. The fraction of sp³-hybridized carbons (Fsp3) is 0.565. The zero-order chi connectivity index (χ0) is 23.8. The molecule has 4 unspecified atom stereocenters. The van der Waals surface area contributed by atoms with Crippen LogP contribution in [0.2, 0.25) is 0 Å². The predicted molar refractivity (Wildman–Crippen MR) is 126 cm³/mol. The second kappa shape index (κ2) is 9.67. The molecule has 0 radical (unpaired) electrons. The molecule has 4 atom stereocenters. The van der Waals surface area contributed by atoms with Crippen LogP contribution in [0.5, 0.6) is 0 Å². The lowest BCUT2D eigenvalue weighted by Gasteiger charge is -2.34. The monoisotopic (exact) mass is 503 g/mol. The van der Waals surface area contributed by atoms with Crippen LogP contribution in [-0.2, 0) is 14.3 Å². The van der Waals surface area contributed by atoms with E-state index in [1.165, 1.54) is 16.2 Å². The molecule has 0 spiro atoms. The SMILES string of the molecule is Cc1ncc(-c2cnc(C(=O)NC(C(=O)N3CC(Cl)C4OCC(=O)C43)C3CCCCC3)s2)cn1. The standard InChI is InChI=1S/C23H26ClN5O4S/c1-12-25-7-14(8-26-12)17-9-27-22(34-17)21(31)28-18(13-5-3-2-4-6-13)23(32)29-10-15(24)20-19(29)16(30)11-33-20/h7-9,13,15,18-20H,2-6,10-11H2,1H3,(H,28,31). The lowest BCUT2D eigenvalue weighted by atomic mass is 9.83. The van der Waals surface area contributed by atoms with Crippen LogP contribution in [0.3, 0.4) is 0 Å². The number of ketones is 1. The minimum absolute atomic E-state index is 0.000352. The summed E-state index contributed by atoms with van der Waals surface area (Å²) in [5.74, 6) is -0.142. The van der Waals surface area contributed by atoms with Gasteiger partial charge in [0.05, 0.1) is 10.3 Å². The Labute approximate surface area is 206 Å². The van der Waals surface area contributed by atoms with Gasteiger partial charge in [0, 0.05) is 30.7 Å². The number of amides is 2. The lowest BCUT2D eigenvalue weighted by Crippen LogP contribution is -2.55. The Balaban J connectivity index is 1.36. The molecule has 2 saturated heterocycles. The summed E-state index contributed by atoms with van der Waals surface area (Å²) in [6, 6.07) is -1.41. The van der Waals surface area contributed by atoms with Crippen LogP contribution in [0.15, 0.2) is 18.6 Å².